The van der Waals surface area contributed by atoms with Crippen molar-refractivity contribution in [3.8, 4) is 0 Å². The number of hydrogen-bond donors (Lipinski definition) is 1. The number of carbonyl (C=O) groups excluding carboxylic acids is 1. The van der Waals surface area contributed by atoms with Crippen molar-refractivity contribution in [2.45, 2.75) is 17.8 Å². The van der Waals surface area contributed by atoms with E-state index in [4.69, 9.17) is 44.7 Å². The highest BCUT2D eigenvalue weighted by atomic mass is 35.6. The van der Waals surface area contributed by atoms with Crippen LogP contribution in [0.3, 0.4) is 0 Å². The summed E-state index contributed by atoms with van der Waals surface area (Å²) < 4.78 is 6.38. The topological polar surface area (TPSA) is 72.8 Å². The number of carbonyl (C=O) groups is 2. The lowest BCUT2D eigenvalue weighted by molar-refractivity contribution is -0.134. The number of hydrogen-bond acceptors (Lipinski definition) is 4. The first-order valence-electron chi connectivity index (χ1n) is 3.31. The minimum atomic E-state index is -2.04. The molecule has 0 bridgehead atoms. The van der Waals surface area contributed by atoms with E-state index in [1.165, 1.54) is 0 Å². The highest BCUT2D eigenvalue weighted by Crippen LogP contribution is 2.27. The van der Waals surface area contributed by atoms with Gasteiger partial charge in [-0.15, -0.1) is 0 Å². The first kappa shape index (κ1) is 16.1. The number of ether oxygens (including phenoxy) is 2. The summed E-state index contributed by atoms with van der Waals surface area (Å²) in [6, 6.07) is 0. The lowest BCUT2D eigenvalue weighted by atomic mass is 10.9. The Morgan fingerprint density at radius 2 is 1.71 bits per heavy atom. The zero-order valence-electron chi connectivity index (χ0n) is 7.42. The SMILES string of the molecule is CC(=O)O.CCOC(=O)OC(Cl)(Cl)Cl. The predicted octanol–water partition coefficient (Wildman–Crippen LogP) is 2.58. The van der Waals surface area contributed by atoms with Gasteiger partial charge in [0.05, 0.1) is 6.61 Å². The molecule has 0 rings (SSSR count). The molecule has 0 aromatic rings. The zero-order valence-corrected chi connectivity index (χ0v) is 9.69. The third kappa shape index (κ3) is 22.6. The average molecular weight is 267 g/mol. The largest absolute Gasteiger partial charge is 0.511 e. The van der Waals surface area contributed by atoms with Crippen LogP contribution >= 0.6 is 34.8 Å². The van der Waals surface area contributed by atoms with Gasteiger partial charge in [-0.25, -0.2) is 4.79 Å². The van der Waals surface area contributed by atoms with Crippen molar-refractivity contribution in [2.24, 2.45) is 0 Å². The van der Waals surface area contributed by atoms with Gasteiger partial charge in [-0.3, -0.25) is 4.79 Å². The lowest BCUT2D eigenvalue weighted by Crippen LogP contribution is -2.16. The summed E-state index contributed by atoms with van der Waals surface area (Å²) in [6.45, 7) is 2.87. The standard InChI is InChI=1S/C4H5Cl3O3.C2H4O2/c1-2-9-3(8)10-4(5,6)7;1-2(3)4/h2H2,1H3;1H3,(H,3,4). The maximum absolute atomic E-state index is 10.4. The molecule has 0 fully saturated rings. The predicted molar refractivity (Wildman–Crippen MR) is 51.7 cm³/mol. The van der Waals surface area contributed by atoms with Gasteiger partial charge in [-0.2, -0.15) is 0 Å². The van der Waals surface area contributed by atoms with E-state index in [-0.39, 0.29) is 6.61 Å². The fourth-order valence-electron chi connectivity index (χ4n) is 0.242. The Morgan fingerprint density at radius 3 is 1.93 bits per heavy atom. The Kier molecular flexibility index (Phi) is 9.13. The van der Waals surface area contributed by atoms with Gasteiger partial charge in [-0.05, 0) is 41.7 Å². The molecular weight excluding hydrogens is 258 g/mol. The first-order chi connectivity index (χ1) is 6.19. The van der Waals surface area contributed by atoms with E-state index in [9.17, 15) is 4.79 Å². The molecule has 0 saturated heterocycles. The molecule has 0 amide bonds. The van der Waals surface area contributed by atoms with Crippen LogP contribution in [-0.2, 0) is 14.3 Å². The third-order valence-electron chi connectivity index (χ3n) is 0.461. The molecule has 0 radical (unpaired) electrons. The molecule has 8 heteroatoms. The summed E-state index contributed by atoms with van der Waals surface area (Å²) in [4.78, 5) is 19.4. The number of rotatable bonds is 1. The molecule has 0 aliphatic heterocycles. The number of halogens is 3. The summed E-state index contributed by atoms with van der Waals surface area (Å²) in [5.41, 5.74) is 0. The molecule has 0 atom stereocenters. The second-order valence-corrected chi connectivity index (χ2v) is 3.93. The Morgan fingerprint density at radius 1 is 1.36 bits per heavy atom. The summed E-state index contributed by atoms with van der Waals surface area (Å²) in [6.07, 6.45) is -0.998. The fourth-order valence-corrected chi connectivity index (χ4v) is 0.431. The molecule has 84 valence electrons. The Bertz CT molecular complexity index is 184. The Hall–Kier alpha value is -0.390. The van der Waals surface area contributed by atoms with Crippen LogP contribution in [-0.4, -0.2) is 27.8 Å². The van der Waals surface area contributed by atoms with E-state index in [2.05, 4.69) is 9.47 Å². The first-order valence-corrected chi connectivity index (χ1v) is 4.44. The second-order valence-electron chi connectivity index (χ2n) is 1.75. The van der Waals surface area contributed by atoms with E-state index in [1.54, 1.807) is 6.92 Å². The minimum absolute atomic E-state index is 0.180. The zero-order chi connectivity index (χ0) is 11.8. The van der Waals surface area contributed by atoms with Crippen LogP contribution in [0.4, 0.5) is 4.79 Å². The highest BCUT2D eigenvalue weighted by molar-refractivity contribution is 6.66. The van der Waals surface area contributed by atoms with E-state index in [1.807, 2.05) is 0 Å². The monoisotopic (exact) mass is 266 g/mol. The van der Waals surface area contributed by atoms with Gasteiger partial charge in [-0.1, -0.05) is 0 Å². The van der Waals surface area contributed by atoms with Crippen molar-refractivity contribution in [3.05, 3.63) is 0 Å². The van der Waals surface area contributed by atoms with Crippen molar-refractivity contribution in [2.75, 3.05) is 6.61 Å². The maximum atomic E-state index is 10.4. The Balaban J connectivity index is 0. The molecule has 0 aliphatic carbocycles. The second kappa shape index (κ2) is 7.96. The van der Waals surface area contributed by atoms with E-state index in [0.717, 1.165) is 6.92 Å². The van der Waals surface area contributed by atoms with Crippen LogP contribution in [0.2, 0.25) is 0 Å². The summed E-state index contributed by atoms with van der Waals surface area (Å²) in [5.74, 6) is -0.833. The van der Waals surface area contributed by atoms with Crippen molar-refractivity contribution in [1.29, 1.82) is 0 Å². The molecule has 0 aliphatic rings. The summed E-state index contributed by atoms with van der Waals surface area (Å²) >= 11 is 15.2. The molecule has 0 heterocycles. The van der Waals surface area contributed by atoms with Crippen LogP contribution in [0.5, 0.6) is 0 Å². The number of carboxylic acids is 1. The molecule has 0 unspecified atom stereocenters. The lowest BCUT2D eigenvalue weighted by Gasteiger charge is -2.10. The van der Waals surface area contributed by atoms with Crippen molar-refractivity contribution in [3.63, 3.8) is 0 Å². The van der Waals surface area contributed by atoms with Gasteiger partial charge in [0.25, 0.3) is 5.97 Å². The molecule has 0 spiro atoms. The van der Waals surface area contributed by atoms with E-state index in [0.29, 0.717) is 0 Å². The van der Waals surface area contributed by atoms with Gasteiger partial charge in [0.15, 0.2) is 0 Å². The van der Waals surface area contributed by atoms with Gasteiger partial charge in [0.2, 0.25) is 0 Å². The molecule has 0 aromatic carbocycles. The number of carboxylic acid groups (broad SMARTS) is 1. The summed E-state index contributed by atoms with van der Waals surface area (Å²) in [7, 11) is 0. The normalized spacial score (nSPS) is 9.50. The van der Waals surface area contributed by atoms with Gasteiger partial charge >= 0.3 is 10.1 Å². The fraction of sp³-hybridized carbons (Fsp3) is 0.667. The summed E-state index contributed by atoms with van der Waals surface area (Å²) in [5, 5.41) is 7.42. The molecule has 5 nitrogen and oxygen atoms in total. The minimum Gasteiger partial charge on any atom is -0.481 e. The average Bonchev–Trinajstić information content (AvgIpc) is 1.80. The Labute approximate surface area is 95.8 Å². The van der Waals surface area contributed by atoms with E-state index >= 15 is 0 Å². The van der Waals surface area contributed by atoms with Crippen LogP contribution in [0.15, 0.2) is 0 Å². The molecule has 0 saturated carbocycles. The van der Waals surface area contributed by atoms with Gasteiger partial charge in [0.1, 0.15) is 0 Å². The quantitative estimate of drug-likeness (QED) is 0.584. The van der Waals surface area contributed by atoms with Crippen LogP contribution < -0.4 is 0 Å². The maximum Gasteiger partial charge on any atom is 0.511 e. The molecule has 0 aromatic heterocycles. The number of alkyl halides is 3. The van der Waals surface area contributed by atoms with Crippen LogP contribution in [0.25, 0.3) is 0 Å². The number of aliphatic carboxylic acids is 1. The van der Waals surface area contributed by atoms with Crippen molar-refractivity contribution < 1.29 is 24.2 Å². The highest BCUT2D eigenvalue weighted by Gasteiger charge is 2.25. The molecule has 1 N–H and O–H groups in total. The van der Waals surface area contributed by atoms with Crippen LogP contribution in [0, 0.1) is 0 Å². The molecule has 14 heavy (non-hydrogen) atoms. The third-order valence-corrected chi connectivity index (χ3v) is 0.693. The van der Waals surface area contributed by atoms with Gasteiger partial charge in [0, 0.05) is 6.92 Å². The van der Waals surface area contributed by atoms with Crippen LogP contribution in [0.1, 0.15) is 13.8 Å². The smallest absolute Gasteiger partial charge is 0.481 e. The van der Waals surface area contributed by atoms with Crippen molar-refractivity contribution in [1.82, 2.24) is 0 Å². The molecular formula is C6H9Cl3O5. The van der Waals surface area contributed by atoms with E-state index < -0.39 is 16.1 Å². The van der Waals surface area contributed by atoms with Gasteiger partial charge < -0.3 is 14.6 Å². The van der Waals surface area contributed by atoms with Crippen molar-refractivity contribution >= 4 is 46.9 Å².